The topological polar surface area (TPSA) is 336 Å². The second-order valence-electron chi connectivity index (χ2n) is 24.9. The number of quaternary nitrogens is 1. The molecule has 27 nitrogen and oxygen atoms in total. The van der Waals surface area contributed by atoms with Crippen LogP contribution >= 0.6 is 0 Å². The molecule has 0 radical (unpaired) electrons. The highest BCUT2D eigenvalue weighted by atomic mass is 32.3. The number of nitrogens with two attached hydrogens (primary N) is 1. The molecule has 29 heteroatoms. The molecule has 6 saturated heterocycles. The third-order valence-electron chi connectivity index (χ3n) is 17.2. The number of amidine groups is 1. The van der Waals surface area contributed by atoms with Gasteiger partial charge in [0.15, 0.2) is 5.96 Å². The molecule has 0 aromatic carbocycles. The summed E-state index contributed by atoms with van der Waals surface area (Å²) in [5.74, 6) is 2.81. The van der Waals surface area contributed by atoms with E-state index in [1.807, 2.05) is 44.7 Å². The van der Waals surface area contributed by atoms with Crippen LogP contribution in [0.1, 0.15) is 206 Å². The molecular weight excluding hydrogens is 1150 g/mol. The Kier molecular flexibility index (Phi) is 26.3. The number of hydrogen-bond donors (Lipinski definition) is 4. The summed E-state index contributed by atoms with van der Waals surface area (Å²) in [6.07, 6.45) is 19.9. The van der Waals surface area contributed by atoms with Gasteiger partial charge in [-0.1, -0.05) is 63.7 Å². The Hall–Kier alpha value is -5.17. The number of nitrogens with one attached hydrogen (secondary N) is 2. The van der Waals surface area contributed by atoms with Crippen molar-refractivity contribution < 1.29 is 67.2 Å². The van der Waals surface area contributed by atoms with Crippen LogP contribution < -0.4 is 11.1 Å². The van der Waals surface area contributed by atoms with Crippen LogP contribution in [0.5, 0.6) is 0 Å². The van der Waals surface area contributed by atoms with Gasteiger partial charge in [-0.2, -0.15) is 27.8 Å². The molecular formula is C57H99N13O14S2. The highest BCUT2D eigenvalue weighted by Gasteiger charge is 2.49. The predicted octanol–water partition coefficient (Wildman–Crippen LogP) is 8.24. The molecule has 4 atom stereocenters. The predicted molar refractivity (Wildman–Crippen MR) is 320 cm³/mol. The first kappa shape index (κ1) is 69.9. The molecule has 2 aromatic heterocycles. The van der Waals surface area contributed by atoms with Gasteiger partial charge in [0.2, 0.25) is 10.4 Å². The van der Waals surface area contributed by atoms with Crippen LogP contribution in [0.4, 0.5) is 14.4 Å². The lowest BCUT2D eigenvalue weighted by atomic mass is 9.91. The maximum absolute atomic E-state index is 12.6. The summed E-state index contributed by atoms with van der Waals surface area (Å²) in [5.41, 5.74) is 6.18. The molecule has 6 aliphatic rings. The van der Waals surface area contributed by atoms with Gasteiger partial charge in [-0.05, 0) is 124 Å². The standard InChI is InChI=1S/C24H37N5O8S.C17H27N7O6S.C16H36N/c1-16(25-22(30)35-24(2,3)4)27-12-10-17(11-13-27)6-5-7-19-14-20(26-36-19)21-9-8-18-15-28(21)23(31)29(18)37-38(32,33)34;18-16(19)22-7-4-11(5-8-22)20-6-3-13-9-14(21-29-13)15-2-1-12-10-23(15)17(25)24(12)30-31(26,27)28;1-5-9-13-17(14-10-6-2,15-11-7-3)16-12-8-4/h14,17-18,21H,5-13,15H2,1-4H3,(H,32,33,34);9,11-12,15,20H,1-8,10H2,(H3,18,19)(H,26,27,28);5-16H2,1-4H3/q;;+1/p-1/t18-,21+;12-,15+;/m11./s1. The van der Waals surface area contributed by atoms with E-state index in [1.54, 1.807) is 0 Å². The fourth-order valence-electron chi connectivity index (χ4n) is 12.4. The Morgan fingerprint density at radius 3 is 1.65 bits per heavy atom. The lowest BCUT2D eigenvalue weighted by Gasteiger charge is -2.39. The highest BCUT2D eigenvalue weighted by molar-refractivity contribution is 7.81. The summed E-state index contributed by atoms with van der Waals surface area (Å²) in [6.45, 7) is 26.8. The minimum Gasteiger partial charge on any atom is -0.724 e. The second-order valence-corrected chi connectivity index (χ2v) is 26.9. The lowest BCUT2D eigenvalue weighted by molar-refractivity contribution is -0.929. The van der Waals surface area contributed by atoms with E-state index in [2.05, 4.69) is 61.8 Å². The van der Waals surface area contributed by atoms with Crippen molar-refractivity contribution in [2.24, 2.45) is 16.6 Å². The van der Waals surface area contributed by atoms with Gasteiger partial charge in [0, 0.05) is 76.8 Å². The molecule has 6 fully saturated rings. The second kappa shape index (κ2) is 32.4. The van der Waals surface area contributed by atoms with E-state index in [9.17, 15) is 35.8 Å². The molecule has 6 aliphatic heterocycles. The number of aryl methyl sites for hydroxylation is 1. The molecule has 8 rings (SSSR count). The fraction of sp³-hybridized carbons (Fsp3) is 0.807. The summed E-state index contributed by atoms with van der Waals surface area (Å²) in [5, 5.41) is 20.6. The number of unbranched alkanes of at least 4 members (excludes halogenated alkanes) is 4. The number of hydroxylamine groups is 4. The van der Waals surface area contributed by atoms with E-state index in [0.29, 0.717) is 85.2 Å². The van der Waals surface area contributed by atoms with Crippen molar-refractivity contribution in [3.8, 4) is 0 Å². The molecule has 8 heterocycles. The van der Waals surface area contributed by atoms with Crippen molar-refractivity contribution in [3.05, 3.63) is 35.0 Å². The normalized spacial score (nSPS) is 21.6. The average molecular weight is 1250 g/mol. The number of likely N-dealkylation sites (tertiary alicyclic amines) is 2. The number of aromatic nitrogens is 2. The van der Waals surface area contributed by atoms with Gasteiger partial charge in [0.25, 0.3) is 0 Å². The average Bonchev–Trinajstić information content (AvgIpc) is 1.97. The van der Waals surface area contributed by atoms with Gasteiger partial charge in [-0.25, -0.2) is 22.8 Å². The van der Waals surface area contributed by atoms with E-state index >= 15 is 0 Å². The number of urea groups is 2. The van der Waals surface area contributed by atoms with E-state index in [0.717, 1.165) is 81.9 Å². The van der Waals surface area contributed by atoms with Gasteiger partial charge in [0.05, 0.1) is 50.3 Å². The number of aliphatic imine (C=N–C) groups is 1. The first-order valence-electron chi connectivity index (χ1n) is 31.4. The molecule has 5 amide bonds. The van der Waals surface area contributed by atoms with E-state index in [4.69, 9.17) is 29.5 Å². The maximum Gasteiger partial charge on any atom is 0.435 e. The van der Waals surface area contributed by atoms with Gasteiger partial charge in [0.1, 0.15) is 34.3 Å². The zero-order valence-corrected chi connectivity index (χ0v) is 53.8. The molecule has 5 N–H and O–H groups in total. The van der Waals surface area contributed by atoms with Crippen molar-refractivity contribution >= 4 is 50.7 Å². The molecule has 0 unspecified atom stereocenters. The van der Waals surface area contributed by atoms with E-state index in [1.165, 1.54) is 91.8 Å². The summed E-state index contributed by atoms with van der Waals surface area (Å²) in [4.78, 5) is 48.1. The third kappa shape index (κ3) is 21.3. The Morgan fingerprint density at radius 2 is 1.21 bits per heavy atom. The molecule has 86 heavy (non-hydrogen) atoms. The maximum atomic E-state index is 12.6. The smallest absolute Gasteiger partial charge is 0.435 e. The number of rotatable bonds is 26. The van der Waals surface area contributed by atoms with Crippen LogP contribution in [0, 0.1) is 11.3 Å². The third-order valence-corrected chi connectivity index (χ3v) is 17.9. The summed E-state index contributed by atoms with van der Waals surface area (Å²) in [7, 11) is -9.79. The minimum absolute atomic E-state index is 0.117. The van der Waals surface area contributed by atoms with Gasteiger partial charge < -0.3 is 53.5 Å². The number of hydrogen-bond acceptors (Lipinski definition) is 17. The van der Waals surface area contributed by atoms with Crippen LogP contribution in [-0.4, -0.2) is 196 Å². The number of fused-ring (bicyclic) bond motifs is 4. The number of nitrogens with zero attached hydrogens (tertiary/aromatic N) is 10. The Bertz CT molecular complexity index is 2700. The van der Waals surface area contributed by atoms with Crippen LogP contribution in [-0.2, 0) is 46.9 Å². The van der Waals surface area contributed by atoms with Crippen LogP contribution in [0.25, 0.3) is 0 Å². The van der Waals surface area contributed by atoms with Crippen molar-refractivity contribution in [3.63, 3.8) is 0 Å². The van der Waals surface area contributed by atoms with Crippen LogP contribution in [0.15, 0.2) is 26.2 Å². The van der Waals surface area contributed by atoms with Gasteiger partial charge in [-0.15, -0.1) is 4.28 Å². The Labute approximate surface area is 509 Å². The van der Waals surface area contributed by atoms with Crippen LogP contribution in [0.2, 0.25) is 0 Å². The lowest BCUT2D eigenvalue weighted by Crippen LogP contribution is -2.50. The summed E-state index contributed by atoms with van der Waals surface area (Å²) in [6, 6.07) is 1.17. The fourth-order valence-corrected chi connectivity index (χ4v) is 13.2. The zero-order valence-electron chi connectivity index (χ0n) is 52.2. The van der Waals surface area contributed by atoms with E-state index in [-0.39, 0.29) is 24.6 Å². The molecule has 488 valence electrons. The number of carbonyl (C=O) groups is 3. The highest BCUT2D eigenvalue weighted by Crippen LogP contribution is 2.40. The number of guanidine groups is 1. The molecule has 0 spiro atoms. The van der Waals surface area contributed by atoms with Gasteiger partial charge >= 0.3 is 28.6 Å². The van der Waals surface area contributed by atoms with Crippen molar-refractivity contribution in [1.82, 2.24) is 45.4 Å². The molecule has 0 aliphatic carbocycles. The van der Waals surface area contributed by atoms with Crippen molar-refractivity contribution in [2.75, 3.05) is 72.0 Å². The van der Waals surface area contributed by atoms with E-state index < -0.39 is 56.6 Å². The first-order valence-corrected chi connectivity index (χ1v) is 34.1. The largest absolute Gasteiger partial charge is 0.724 e. The van der Waals surface area contributed by atoms with Crippen molar-refractivity contribution in [2.45, 2.75) is 220 Å². The first-order chi connectivity index (χ1) is 40.7. The Balaban J connectivity index is 0.000000222. The van der Waals surface area contributed by atoms with Gasteiger partial charge in [-0.3, -0.25) is 9.96 Å². The SMILES string of the molecule is CC(=NC(=O)OC(C)(C)C)N1CCC(CCCc2cc([C@@H]3CC[C@@H]4CN3C(=O)N4OS(=O)(=O)[O-])no2)CC1.CCCC[N+](CCCC)(CCCC)CCCC.N=C(N)N1CCC(NCCc2cc([C@@H]3CC[C@@H]4CN3C(=O)N4OS(=O)(=O)O)no2)CC1. The summed E-state index contributed by atoms with van der Waals surface area (Å²) >= 11 is 0. The zero-order chi connectivity index (χ0) is 62.8. The molecule has 4 bridgehead atoms. The number of ether oxygens (including phenoxy) is 1. The quantitative estimate of drug-likeness (QED) is 0.0226. The van der Waals surface area contributed by atoms with Crippen molar-refractivity contribution in [1.29, 1.82) is 5.41 Å². The van der Waals surface area contributed by atoms with Crippen LogP contribution in [0.3, 0.4) is 0 Å². The monoisotopic (exact) mass is 1250 g/mol. The Morgan fingerprint density at radius 1 is 0.744 bits per heavy atom. The molecule has 0 saturated carbocycles. The number of piperidine rings is 4. The number of carbonyl (C=O) groups excluding carboxylic acids is 3. The minimum atomic E-state index is -5.03. The number of amides is 5. The summed E-state index contributed by atoms with van der Waals surface area (Å²) < 4.78 is 90.3. The molecule has 2 aromatic rings.